The van der Waals surface area contributed by atoms with Gasteiger partial charge in [-0.25, -0.2) is 0 Å². The summed E-state index contributed by atoms with van der Waals surface area (Å²) in [5.41, 5.74) is 0. The number of ether oxygens (including phenoxy) is 2. The number of rotatable bonds is 10. The fourth-order valence-corrected chi connectivity index (χ4v) is 2.79. The average Bonchev–Trinajstić information content (AvgIpc) is 2.86. The summed E-state index contributed by atoms with van der Waals surface area (Å²) in [7, 11) is 3.83. The van der Waals surface area contributed by atoms with Gasteiger partial charge in [-0.3, -0.25) is 0 Å². The second kappa shape index (κ2) is 9.86. The maximum atomic E-state index is 5.59. The third-order valence-corrected chi connectivity index (χ3v) is 3.78. The molecule has 0 spiro atoms. The van der Waals surface area contributed by atoms with E-state index in [0.29, 0.717) is 6.04 Å². The maximum absolute atomic E-state index is 5.59. The second-order valence-electron chi connectivity index (χ2n) is 5.04. The third-order valence-electron chi connectivity index (χ3n) is 3.78. The van der Waals surface area contributed by atoms with Crippen molar-refractivity contribution in [2.45, 2.75) is 51.0 Å². The van der Waals surface area contributed by atoms with Crippen molar-refractivity contribution in [3.8, 4) is 0 Å². The molecule has 1 aliphatic rings. The van der Waals surface area contributed by atoms with Crippen LogP contribution >= 0.6 is 0 Å². The smallest absolute Gasteiger partial charge is 0.0487 e. The van der Waals surface area contributed by atoms with E-state index in [9.17, 15) is 0 Å². The van der Waals surface area contributed by atoms with Gasteiger partial charge in [0.15, 0.2) is 0 Å². The molecule has 0 aromatic rings. The highest BCUT2D eigenvalue weighted by atomic mass is 16.5. The molecule has 3 heteroatoms. The molecule has 1 rings (SSSR count). The van der Waals surface area contributed by atoms with Crippen LogP contribution in [0.15, 0.2) is 0 Å². The Balaban J connectivity index is 1.96. The summed E-state index contributed by atoms with van der Waals surface area (Å²) >= 11 is 0. The maximum Gasteiger partial charge on any atom is 0.0487 e. The Morgan fingerprint density at radius 1 is 1.12 bits per heavy atom. The van der Waals surface area contributed by atoms with Gasteiger partial charge in [-0.1, -0.05) is 12.8 Å². The molecule has 17 heavy (non-hydrogen) atoms. The van der Waals surface area contributed by atoms with E-state index in [0.717, 1.165) is 32.2 Å². The van der Waals surface area contributed by atoms with E-state index in [1.165, 1.54) is 38.5 Å². The fourth-order valence-electron chi connectivity index (χ4n) is 2.79. The average molecular weight is 243 g/mol. The molecule has 1 saturated carbocycles. The van der Waals surface area contributed by atoms with Gasteiger partial charge >= 0.3 is 0 Å². The SMILES string of the molecule is CNC(CCCOCCCOC)C1CCCC1. The van der Waals surface area contributed by atoms with Gasteiger partial charge < -0.3 is 14.8 Å². The standard InChI is InChI=1S/C14H29NO2/c1-15-14(13-7-3-4-8-13)9-5-11-17-12-6-10-16-2/h13-15H,3-12H2,1-2H3. The number of methoxy groups -OCH3 is 1. The molecule has 0 amide bonds. The minimum atomic E-state index is 0.708. The summed E-state index contributed by atoms with van der Waals surface area (Å²) in [6.07, 6.45) is 9.13. The van der Waals surface area contributed by atoms with Crippen molar-refractivity contribution in [3.05, 3.63) is 0 Å². The lowest BCUT2D eigenvalue weighted by atomic mass is 9.94. The van der Waals surface area contributed by atoms with Gasteiger partial charge in [-0.15, -0.1) is 0 Å². The van der Waals surface area contributed by atoms with E-state index in [1.54, 1.807) is 7.11 Å². The van der Waals surface area contributed by atoms with E-state index in [4.69, 9.17) is 9.47 Å². The van der Waals surface area contributed by atoms with Gasteiger partial charge in [0.2, 0.25) is 0 Å². The molecule has 1 aliphatic carbocycles. The van der Waals surface area contributed by atoms with Crippen LogP contribution in [0.1, 0.15) is 44.9 Å². The van der Waals surface area contributed by atoms with E-state index in [1.807, 2.05) is 0 Å². The number of hydrogen-bond donors (Lipinski definition) is 1. The minimum Gasteiger partial charge on any atom is -0.385 e. The molecule has 0 aromatic carbocycles. The molecule has 0 bridgehead atoms. The lowest BCUT2D eigenvalue weighted by Crippen LogP contribution is -2.32. The topological polar surface area (TPSA) is 30.5 Å². The van der Waals surface area contributed by atoms with E-state index < -0.39 is 0 Å². The zero-order valence-corrected chi connectivity index (χ0v) is 11.5. The Kier molecular flexibility index (Phi) is 8.67. The molecule has 3 nitrogen and oxygen atoms in total. The minimum absolute atomic E-state index is 0.708. The van der Waals surface area contributed by atoms with Gasteiger partial charge in [0.1, 0.15) is 0 Å². The molecule has 1 unspecified atom stereocenters. The number of nitrogens with one attached hydrogen (secondary N) is 1. The van der Waals surface area contributed by atoms with Gasteiger partial charge in [0, 0.05) is 33.0 Å². The molecule has 1 atom stereocenters. The summed E-state index contributed by atoms with van der Waals surface area (Å²) in [4.78, 5) is 0. The van der Waals surface area contributed by atoms with Crippen LogP contribution in [0, 0.1) is 5.92 Å². The van der Waals surface area contributed by atoms with Gasteiger partial charge in [0.05, 0.1) is 0 Å². The van der Waals surface area contributed by atoms with E-state index >= 15 is 0 Å². The van der Waals surface area contributed by atoms with Gasteiger partial charge in [0.25, 0.3) is 0 Å². The highest BCUT2D eigenvalue weighted by molar-refractivity contribution is 4.79. The van der Waals surface area contributed by atoms with E-state index in [-0.39, 0.29) is 0 Å². The molecule has 1 fully saturated rings. The summed E-state index contributed by atoms with van der Waals surface area (Å²) in [6, 6.07) is 0.708. The predicted molar refractivity (Wildman–Crippen MR) is 71.4 cm³/mol. The lowest BCUT2D eigenvalue weighted by molar-refractivity contribution is 0.0979. The summed E-state index contributed by atoms with van der Waals surface area (Å²) in [6.45, 7) is 2.54. The van der Waals surface area contributed by atoms with Crippen LogP contribution in [0.4, 0.5) is 0 Å². The van der Waals surface area contributed by atoms with Crippen molar-refractivity contribution < 1.29 is 9.47 Å². The molecule has 1 N–H and O–H groups in total. The highest BCUT2D eigenvalue weighted by Gasteiger charge is 2.22. The second-order valence-corrected chi connectivity index (χ2v) is 5.04. The van der Waals surface area contributed by atoms with Crippen molar-refractivity contribution in [1.29, 1.82) is 0 Å². The van der Waals surface area contributed by atoms with Crippen LogP contribution in [0.5, 0.6) is 0 Å². The fraction of sp³-hybridized carbons (Fsp3) is 1.00. The monoisotopic (exact) mass is 243 g/mol. The Morgan fingerprint density at radius 3 is 2.47 bits per heavy atom. The molecule has 0 aliphatic heterocycles. The number of hydrogen-bond acceptors (Lipinski definition) is 3. The molecule has 0 heterocycles. The van der Waals surface area contributed by atoms with Crippen LogP contribution in [0.25, 0.3) is 0 Å². The normalized spacial score (nSPS) is 18.7. The van der Waals surface area contributed by atoms with Crippen LogP contribution in [-0.2, 0) is 9.47 Å². The van der Waals surface area contributed by atoms with Crippen LogP contribution in [0.3, 0.4) is 0 Å². The molecule has 0 saturated heterocycles. The van der Waals surface area contributed by atoms with E-state index in [2.05, 4.69) is 12.4 Å². The van der Waals surface area contributed by atoms with Crippen LogP contribution < -0.4 is 5.32 Å². The first-order valence-electron chi connectivity index (χ1n) is 7.12. The summed E-state index contributed by atoms with van der Waals surface area (Å²) in [5, 5.41) is 3.48. The molecule has 102 valence electrons. The van der Waals surface area contributed by atoms with Gasteiger partial charge in [-0.2, -0.15) is 0 Å². The molecule has 0 aromatic heterocycles. The molecule has 0 radical (unpaired) electrons. The van der Waals surface area contributed by atoms with Crippen molar-refractivity contribution in [1.82, 2.24) is 5.32 Å². The van der Waals surface area contributed by atoms with Crippen molar-refractivity contribution in [2.75, 3.05) is 34.0 Å². The zero-order chi connectivity index (χ0) is 12.3. The van der Waals surface area contributed by atoms with Crippen LogP contribution in [0.2, 0.25) is 0 Å². The van der Waals surface area contributed by atoms with Crippen molar-refractivity contribution >= 4 is 0 Å². The van der Waals surface area contributed by atoms with Crippen molar-refractivity contribution in [2.24, 2.45) is 5.92 Å². The molecular weight excluding hydrogens is 214 g/mol. The molecular formula is C14H29NO2. The first-order valence-corrected chi connectivity index (χ1v) is 7.12. The lowest BCUT2D eigenvalue weighted by Gasteiger charge is -2.22. The Morgan fingerprint density at radius 2 is 1.82 bits per heavy atom. The third kappa shape index (κ3) is 6.39. The van der Waals surface area contributed by atoms with Crippen molar-refractivity contribution in [3.63, 3.8) is 0 Å². The largest absolute Gasteiger partial charge is 0.385 e. The van der Waals surface area contributed by atoms with Crippen LogP contribution in [-0.4, -0.2) is 40.0 Å². The Labute approximate surface area is 106 Å². The highest BCUT2D eigenvalue weighted by Crippen LogP contribution is 2.29. The predicted octanol–water partition coefficient (Wildman–Crippen LogP) is 2.60. The first-order chi connectivity index (χ1) is 8.38. The Bertz CT molecular complexity index is 170. The summed E-state index contributed by atoms with van der Waals surface area (Å²) in [5.74, 6) is 0.911. The summed E-state index contributed by atoms with van der Waals surface area (Å²) < 4.78 is 10.6. The van der Waals surface area contributed by atoms with Gasteiger partial charge in [-0.05, 0) is 45.1 Å². The first kappa shape index (κ1) is 14.9. The zero-order valence-electron chi connectivity index (χ0n) is 11.5. The quantitative estimate of drug-likeness (QED) is 0.598. The Hall–Kier alpha value is -0.120.